The second-order valence-electron chi connectivity index (χ2n) is 10.7. The van der Waals surface area contributed by atoms with Gasteiger partial charge >= 0.3 is 29.6 Å². The Kier molecular flexibility index (Phi) is 10.9. The molecule has 2 aliphatic carbocycles. The van der Waals surface area contributed by atoms with E-state index in [1.807, 2.05) is 25.3 Å². The van der Waals surface area contributed by atoms with Crippen LogP contribution in [-0.4, -0.2) is 28.9 Å². The summed E-state index contributed by atoms with van der Waals surface area (Å²) in [4.78, 5) is 28.2. The Balaban J connectivity index is 0.00000361. The summed E-state index contributed by atoms with van der Waals surface area (Å²) in [5, 5.41) is 11.6. The van der Waals surface area contributed by atoms with Crippen LogP contribution in [0.1, 0.15) is 76.2 Å². The van der Waals surface area contributed by atoms with Crippen LogP contribution >= 0.6 is 0 Å². The number of carboxylic acid groups (broad SMARTS) is 1. The number of allylic oxidation sites excluding steroid dienone is 5. The Morgan fingerprint density at radius 3 is 2.67 bits per heavy atom. The van der Waals surface area contributed by atoms with Crippen molar-refractivity contribution in [3.05, 3.63) is 60.0 Å². The first kappa shape index (κ1) is 29.2. The summed E-state index contributed by atoms with van der Waals surface area (Å²) in [7, 11) is 0. The molecule has 2 heterocycles. The van der Waals surface area contributed by atoms with E-state index in [1.165, 1.54) is 18.4 Å². The first-order valence-electron chi connectivity index (χ1n) is 13.5. The van der Waals surface area contributed by atoms with Crippen molar-refractivity contribution < 1.29 is 49.0 Å². The molecule has 190 valence electrons. The zero-order valence-corrected chi connectivity index (χ0v) is 24.3. The molecular weight excluding hydrogens is 461 g/mol. The zero-order chi connectivity index (χ0) is 24.9. The predicted octanol–water partition coefficient (Wildman–Crippen LogP) is 2.27. The quantitative estimate of drug-likeness (QED) is 0.244. The first-order valence-corrected chi connectivity index (χ1v) is 13.5. The van der Waals surface area contributed by atoms with Gasteiger partial charge in [-0.05, 0) is 74.0 Å². The van der Waals surface area contributed by atoms with Gasteiger partial charge in [0.2, 0.25) is 0 Å². The topological polar surface area (TPSA) is 82.2 Å². The minimum Gasteiger partial charge on any atom is -0.550 e. The number of Topliss-reactive ketones (excluding diaryl/α,β-unsaturated/α-hetero) is 1. The normalized spacial score (nSPS) is 33.2. The molecule has 1 aromatic heterocycles. The van der Waals surface area contributed by atoms with E-state index in [9.17, 15) is 14.7 Å². The van der Waals surface area contributed by atoms with Crippen molar-refractivity contribution in [3.63, 3.8) is 0 Å². The monoisotopic (exact) mass is 501 g/mol. The number of fused-ring (bicyclic) bond motifs is 1. The molecule has 0 aromatic carbocycles. The summed E-state index contributed by atoms with van der Waals surface area (Å²) in [6.45, 7) is 6.19. The number of ketones is 1. The fourth-order valence-corrected chi connectivity index (χ4v) is 6.62. The van der Waals surface area contributed by atoms with Gasteiger partial charge in [-0.2, -0.15) is 0 Å². The van der Waals surface area contributed by atoms with E-state index in [-0.39, 0.29) is 59.4 Å². The Morgan fingerprint density at radius 1 is 1.19 bits per heavy atom. The maximum absolute atomic E-state index is 13.5. The average Bonchev–Trinajstić information content (AvgIpc) is 3.55. The van der Waals surface area contributed by atoms with Gasteiger partial charge in [0.05, 0.1) is 17.9 Å². The van der Waals surface area contributed by atoms with E-state index in [0.717, 1.165) is 25.7 Å². The molecule has 0 spiro atoms. The minimum atomic E-state index is -1.01. The Hall–Kier alpha value is -1.40. The summed E-state index contributed by atoms with van der Waals surface area (Å²) in [5.41, 5.74) is 1.88. The van der Waals surface area contributed by atoms with E-state index in [4.69, 9.17) is 4.74 Å². The fourth-order valence-electron chi connectivity index (χ4n) is 6.62. The molecule has 8 unspecified atom stereocenters. The number of aromatic amines is 1. The molecule has 3 aliphatic rings. The second kappa shape index (κ2) is 13.4. The molecule has 1 aromatic rings. The van der Waals surface area contributed by atoms with E-state index in [0.29, 0.717) is 29.9 Å². The Morgan fingerprint density at radius 2 is 2.00 bits per heavy atom. The summed E-state index contributed by atoms with van der Waals surface area (Å²) < 4.78 is 6.38. The number of ether oxygens (including phenoxy) is 1. The fraction of sp³-hybridized carbons (Fsp3) is 0.600. The second-order valence-corrected chi connectivity index (χ2v) is 10.7. The van der Waals surface area contributed by atoms with E-state index in [2.05, 4.69) is 49.2 Å². The minimum absolute atomic E-state index is 0. The van der Waals surface area contributed by atoms with Crippen molar-refractivity contribution in [2.24, 2.45) is 35.5 Å². The number of hydrogen-bond acceptors (Lipinski definition) is 4. The molecular formula is C30H40NNaO4. The van der Waals surface area contributed by atoms with Gasteiger partial charge in [0, 0.05) is 29.9 Å². The zero-order valence-electron chi connectivity index (χ0n) is 22.3. The summed E-state index contributed by atoms with van der Waals surface area (Å²) in [6, 6.07) is 3.77. The number of rotatable bonds is 9. The molecule has 36 heavy (non-hydrogen) atoms. The summed E-state index contributed by atoms with van der Waals surface area (Å²) in [5.74, 6) is -0.0910. The van der Waals surface area contributed by atoms with Gasteiger partial charge < -0.3 is 19.6 Å². The molecule has 8 atom stereocenters. The van der Waals surface area contributed by atoms with Crippen molar-refractivity contribution >= 4 is 11.8 Å². The van der Waals surface area contributed by atoms with Crippen molar-refractivity contribution in [1.82, 2.24) is 4.98 Å². The van der Waals surface area contributed by atoms with Crippen LogP contribution in [0, 0.1) is 35.5 Å². The predicted molar refractivity (Wildman–Crippen MR) is 135 cm³/mol. The van der Waals surface area contributed by atoms with Crippen molar-refractivity contribution in [2.75, 3.05) is 0 Å². The smallest absolute Gasteiger partial charge is 0.550 e. The number of hydrogen-bond donors (Lipinski definition) is 1. The third-order valence-corrected chi connectivity index (χ3v) is 8.60. The molecule has 1 aliphatic heterocycles. The van der Waals surface area contributed by atoms with Gasteiger partial charge in [-0.1, -0.05) is 57.6 Å². The van der Waals surface area contributed by atoms with Crippen LogP contribution in [0.2, 0.25) is 0 Å². The molecule has 1 saturated heterocycles. The maximum atomic E-state index is 13.5. The number of H-pyrrole nitrogens is 1. The van der Waals surface area contributed by atoms with Crippen LogP contribution in [0.4, 0.5) is 0 Å². The third-order valence-electron chi connectivity index (χ3n) is 8.60. The van der Waals surface area contributed by atoms with Gasteiger partial charge in [-0.3, -0.25) is 4.79 Å². The molecule has 0 amide bonds. The number of carboxylic acids is 1. The molecule has 1 saturated carbocycles. The van der Waals surface area contributed by atoms with Gasteiger partial charge in [0.25, 0.3) is 0 Å². The summed E-state index contributed by atoms with van der Waals surface area (Å²) >= 11 is 0. The average molecular weight is 502 g/mol. The van der Waals surface area contributed by atoms with Gasteiger partial charge in [0.1, 0.15) is 0 Å². The van der Waals surface area contributed by atoms with Crippen molar-refractivity contribution in [2.45, 2.75) is 77.9 Å². The number of aromatic nitrogens is 1. The van der Waals surface area contributed by atoms with Crippen molar-refractivity contribution in [1.29, 1.82) is 0 Å². The van der Waals surface area contributed by atoms with Crippen LogP contribution in [0.5, 0.6) is 0 Å². The maximum Gasteiger partial charge on any atom is 1.00 e. The van der Waals surface area contributed by atoms with Crippen LogP contribution in [0.25, 0.3) is 0 Å². The molecule has 1 N–H and O–H groups in total. The summed E-state index contributed by atoms with van der Waals surface area (Å²) in [6.07, 6.45) is 18.9. The molecule has 2 fully saturated rings. The van der Waals surface area contributed by atoms with Crippen LogP contribution in [-0.2, 0) is 9.53 Å². The molecule has 0 bridgehead atoms. The van der Waals surface area contributed by atoms with E-state index < -0.39 is 11.9 Å². The number of carbonyl (C=O) groups is 2. The number of carbonyl (C=O) groups excluding carboxylic acids is 2. The van der Waals surface area contributed by atoms with E-state index >= 15 is 0 Å². The largest absolute Gasteiger partial charge is 1.00 e. The van der Waals surface area contributed by atoms with Crippen LogP contribution in [0.15, 0.2) is 54.3 Å². The molecule has 6 heteroatoms. The Labute approximate surface area is 238 Å². The van der Waals surface area contributed by atoms with E-state index in [1.54, 1.807) is 0 Å². The molecule has 4 rings (SSSR count). The van der Waals surface area contributed by atoms with Gasteiger partial charge in [-0.15, -0.1) is 0 Å². The molecule has 0 radical (unpaired) electrons. The number of nitrogens with one attached hydrogen (secondary N) is 1. The SMILES string of the molecule is CC/C(=C/C=C/C1C=CC2CCCC2C1C(=O)c1ccc[nH]1)C1OC(C(CC)C(=O)[O-])CCC1C.[Na+]. The number of aliphatic carboxylic acids is 1. The first-order chi connectivity index (χ1) is 16.9. The van der Waals surface area contributed by atoms with Crippen molar-refractivity contribution in [3.8, 4) is 0 Å². The third kappa shape index (κ3) is 6.35. The Bertz CT molecular complexity index is 966. The standard InChI is InChI=1S/C30H41NO4.Na/c1-4-20(29-19(3)14-17-26(35-29)23(5-2)30(33)34)9-6-11-22-16-15-21-10-7-12-24(21)27(22)28(32)25-13-8-18-31-25;/h6,8-9,11,13,15-16,18-19,21-24,26-27,29,31H,4-5,7,10,12,14,17H2,1-3H3,(H,33,34);/q;+1/p-1/b11-6+,20-9-;. The van der Waals surface area contributed by atoms with Gasteiger partial charge in [0.15, 0.2) is 5.78 Å². The van der Waals surface area contributed by atoms with Crippen LogP contribution < -0.4 is 34.7 Å². The van der Waals surface area contributed by atoms with Gasteiger partial charge in [-0.25, -0.2) is 0 Å². The molecule has 5 nitrogen and oxygen atoms in total. The van der Waals surface area contributed by atoms with Crippen LogP contribution in [0.3, 0.4) is 0 Å².